The van der Waals surface area contributed by atoms with Crippen LogP contribution in [-0.4, -0.2) is 55.2 Å². The van der Waals surface area contributed by atoms with Crippen LogP contribution in [0.2, 0.25) is 0 Å². The van der Waals surface area contributed by atoms with Gasteiger partial charge in [-0.05, 0) is 56.4 Å². The second-order valence-electron chi connectivity index (χ2n) is 9.47. The van der Waals surface area contributed by atoms with Gasteiger partial charge in [0.1, 0.15) is 10.5 Å². The molecule has 38 heavy (non-hydrogen) atoms. The third-order valence-electron chi connectivity index (χ3n) is 6.58. The van der Waals surface area contributed by atoms with Crippen LogP contribution in [0.1, 0.15) is 50.1 Å². The van der Waals surface area contributed by atoms with Gasteiger partial charge in [-0.1, -0.05) is 17.4 Å². The van der Waals surface area contributed by atoms with Crippen LogP contribution in [0.4, 0.5) is 8.78 Å². The number of nitriles is 1. The molecule has 0 spiro atoms. The molecule has 0 saturated heterocycles. The maximum Gasteiger partial charge on any atom is 0.291 e. The lowest BCUT2D eigenvalue weighted by molar-refractivity contribution is 0.150. The number of halogens is 2. The van der Waals surface area contributed by atoms with Crippen LogP contribution in [0.15, 0.2) is 28.5 Å². The minimum absolute atomic E-state index is 0.0714. The van der Waals surface area contributed by atoms with Gasteiger partial charge in [-0.15, -0.1) is 21.5 Å². The Hall–Kier alpha value is -2.35. The zero-order chi connectivity index (χ0) is 27.5. The van der Waals surface area contributed by atoms with Crippen molar-refractivity contribution in [3.8, 4) is 16.6 Å². The number of alkyl halides is 2. The summed E-state index contributed by atoms with van der Waals surface area (Å²) in [5.41, 5.74) is 0.741. The van der Waals surface area contributed by atoms with E-state index in [0.717, 1.165) is 21.6 Å². The minimum atomic E-state index is -4.10. The Morgan fingerprint density at radius 2 is 1.89 bits per heavy atom. The third-order valence-corrected chi connectivity index (χ3v) is 12.3. The fraction of sp³-hybridized carbons (Fsp3) is 0.435. The predicted octanol–water partition coefficient (Wildman–Crippen LogP) is 4.52. The normalized spacial score (nSPS) is 18.2. The lowest BCUT2D eigenvalue weighted by Gasteiger charge is -2.28. The number of hydrogen-bond acceptors (Lipinski definition) is 9. The molecule has 1 saturated carbocycles. The summed E-state index contributed by atoms with van der Waals surface area (Å²) in [7, 11) is -7.56. The Kier molecular flexibility index (Phi) is 6.94. The lowest BCUT2D eigenvalue weighted by Crippen LogP contribution is -2.39. The number of fused-ring (bicyclic) bond motifs is 1. The van der Waals surface area contributed by atoms with E-state index in [2.05, 4.69) is 14.9 Å². The van der Waals surface area contributed by atoms with Gasteiger partial charge in [0.2, 0.25) is 20.0 Å². The fourth-order valence-electron chi connectivity index (χ4n) is 4.20. The van der Waals surface area contributed by atoms with Crippen LogP contribution in [0.5, 0.6) is 0 Å². The molecule has 1 aliphatic carbocycles. The summed E-state index contributed by atoms with van der Waals surface area (Å²) in [6.07, 6.45) is 0.183. The van der Waals surface area contributed by atoms with Crippen LogP contribution >= 0.6 is 22.7 Å². The van der Waals surface area contributed by atoms with E-state index in [1.54, 1.807) is 25.3 Å². The highest BCUT2D eigenvalue weighted by Gasteiger charge is 2.47. The first-order valence-electron chi connectivity index (χ1n) is 11.7. The van der Waals surface area contributed by atoms with Gasteiger partial charge in [0.25, 0.3) is 6.43 Å². The van der Waals surface area contributed by atoms with Crippen molar-refractivity contribution in [3.05, 3.63) is 34.2 Å². The smallest absolute Gasteiger partial charge is 0.212 e. The highest BCUT2D eigenvalue weighted by molar-refractivity contribution is 7.90. The summed E-state index contributed by atoms with van der Waals surface area (Å²) >= 11 is 2.05. The van der Waals surface area contributed by atoms with Crippen molar-refractivity contribution in [2.75, 3.05) is 13.1 Å². The number of nitrogens with zero attached hydrogens (tertiary/aromatic N) is 4. The maximum atomic E-state index is 13.4. The number of thiophene rings is 1. The Labute approximate surface area is 226 Å². The molecule has 0 radical (unpaired) electrons. The van der Waals surface area contributed by atoms with Crippen LogP contribution < -0.4 is 4.72 Å². The Morgan fingerprint density at radius 1 is 1.16 bits per heavy atom. The van der Waals surface area contributed by atoms with Gasteiger partial charge in [0.15, 0.2) is 5.01 Å². The van der Waals surface area contributed by atoms with Crippen LogP contribution in [0.25, 0.3) is 26.2 Å². The molecule has 0 unspecified atom stereocenters. The molecule has 2 aromatic heterocycles. The van der Waals surface area contributed by atoms with E-state index in [1.165, 1.54) is 27.8 Å². The van der Waals surface area contributed by atoms with Crippen LogP contribution in [0.3, 0.4) is 0 Å². The number of sulfonamides is 2. The van der Waals surface area contributed by atoms with E-state index in [0.29, 0.717) is 35.8 Å². The number of hydrogen-bond donors (Lipinski definition) is 1. The summed E-state index contributed by atoms with van der Waals surface area (Å²) in [5.74, 6) is 0. The van der Waals surface area contributed by atoms with Crippen LogP contribution in [0, 0.1) is 11.3 Å². The Bertz CT molecular complexity index is 1700. The highest BCUT2D eigenvalue weighted by Crippen LogP contribution is 2.43. The van der Waals surface area contributed by atoms with Gasteiger partial charge < -0.3 is 0 Å². The molecule has 1 aliphatic heterocycles. The Balaban J connectivity index is 1.63. The Morgan fingerprint density at radius 3 is 2.45 bits per heavy atom. The maximum absolute atomic E-state index is 13.4. The predicted molar refractivity (Wildman–Crippen MR) is 142 cm³/mol. The second-order valence-corrected chi connectivity index (χ2v) is 15.5. The molecule has 0 amide bonds. The van der Waals surface area contributed by atoms with E-state index in [1.807, 2.05) is 6.07 Å². The fourth-order valence-corrected chi connectivity index (χ4v) is 8.75. The van der Waals surface area contributed by atoms with E-state index < -0.39 is 42.3 Å². The molecule has 1 aromatic carbocycles. The van der Waals surface area contributed by atoms with Crippen molar-refractivity contribution < 1.29 is 25.6 Å². The van der Waals surface area contributed by atoms with Crippen molar-refractivity contribution in [2.24, 2.45) is 0 Å². The minimum Gasteiger partial charge on any atom is -0.212 e. The third kappa shape index (κ3) is 4.89. The van der Waals surface area contributed by atoms with Gasteiger partial charge in [0.05, 0.1) is 16.2 Å². The molecular formula is C23H23F2N5O4S4. The van der Waals surface area contributed by atoms with E-state index >= 15 is 0 Å². The molecule has 202 valence electrons. The average molecular weight is 600 g/mol. The zero-order valence-corrected chi connectivity index (χ0v) is 23.6. The summed E-state index contributed by atoms with van der Waals surface area (Å²) in [5, 5.41) is 18.3. The van der Waals surface area contributed by atoms with Crippen molar-refractivity contribution >= 4 is 58.4 Å². The first-order valence-corrected chi connectivity index (χ1v) is 16.4. The number of benzene rings is 1. The molecule has 1 fully saturated rings. The van der Waals surface area contributed by atoms with Gasteiger partial charge in [-0.2, -0.15) is 14.3 Å². The lowest BCUT2D eigenvalue weighted by atomic mass is 9.98. The molecule has 2 aliphatic rings. The van der Waals surface area contributed by atoms with Gasteiger partial charge >= 0.3 is 0 Å². The zero-order valence-electron chi connectivity index (χ0n) is 20.3. The van der Waals surface area contributed by atoms with E-state index in [-0.39, 0.29) is 23.0 Å². The van der Waals surface area contributed by atoms with Crippen LogP contribution in [-0.2, 0) is 20.0 Å². The molecule has 1 N–H and O–H groups in total. The van der Waals surface area contributed by atoms with Crippen molar-refractivity contribution in [3.63, 3.8) is 0 Å². The van der Waals surface area contributed by atoms with Crippen molar-refractivity contribution in [1.82, 2.24) is 19.2 Å². The summed E-state index contributed by atoms with van der Waals surface area (Å²) < 4.78 is 82.9. The average Bonchev–Trinajstić information content (AvgIpc) is 3.27. The summed E-state index contributed by atoms with van der Waals surface area (Å²) in [6.45, 7) is 3.63. The second kappa shape index (κ2) is 9.68. The quantitative estimate of drug-likeness (QED) is 0.403. The molecule has 0 bridgehead atoms. The summed E-state index contributed by atoms with van der Waals surface area (Å²) in [6, 6.07) is 5.01. The van der Waals surface area contributed by atoms with E-state index in [9.17, 15) is 30.9 Å². The van der Waals surface area contributed by atoms with Crippen molar-refractivity contribution in [1.29, 1.82) is 5.26 Å². The van der Waals surface area contributed by atoms with Crippen molar-refractivity contribution in [2.45, 2.75) is 55.2 Å². The monoisotopic (exact) mass is 599 g/mol. The van der Waals surface area contributed by atoms with Gasteiger partial charge in [0, 0.05) is 34.1 Å². The molecule has 9 nitrogen and oxygen atoms in total. The SMILES string of the molecule is CC(C)S(=O)(=O)N1CC=C(c2cc(S(=O)(=O)NC3(C#N)CC3)cc3c(-c4nnc(C(F)F)s4)csc23)CC1. The first kappa shape index (κ1) is 27.2. The summed E-state index contributed by atoms with van der Waals surface area (Å²) in [4.78, 5) is -0.0714. The molecule has 0 atom stereocenters. The number of rotatable bonds is 8. The largest absolute Gasteiger partial charge is 0.291 e. The molecule has 15 heteroatoms. The van der Waals surface area contributed by atoms with Gasteiger partial charge in [-0.25, -0.2) is 25.6 Å². The molecule has 3 aromatic rings. The highest BCUT2D eigenvalue weighted by atomic mass is 32.2. The molecular weight excluding hydrogens is 577 g/mol. The standard InChI is InChI=1S/C23H23F2N5O4S4/c1-13(2)38(33,34)30-7-3-14(4-8-30)16-9-15(37(31,32)29-23(12-26)5-6-23)10-17-18(11-35-19(16)17)21-27-28-22(36-21)20(24)25/h3,9-11,13,20,29H,4-8H2,1-2H3. The number of aromatic nitrogens is 2. The topological polar surface area (TPSA) is 133 Å². The first-order chi connectivity index (χ1) is 17.9. The molecule has 5 rings (SSSR count). The van der Waals surface area contributed by atoms with E-state index in [4.69, 9.17) is 0 Å². The van der Waals surface area contributed by atoms with Gasteiger partial charge in [-0.3, -0.25) is 0 Å². The molecule has 3 heterocycles. The number of nitrogens with one attached hydrogen (secondary N) is 1.